The minimum Gasteiger partial charge on any atom is -0.355 e. The molecule has 1 atom stereocenters. The summed E-state index contributed by atoms with van der Waals surface area (Å²) in [5.41, 5.74) is 6.50. The molecular weight excluding hydrogens is 224 g/mol. The summed E-state index contributed by atoms with van der Waals surface area (Å²) in [4.78, 5) is 11.2. The van der Waals surface area contributed by atoms with Crippen LogP contribution in [0.4, 0.5) is 5.82 Å². The van der Waals surface area contributed by atoms with E-state index in [2.05, 4.69) is 21.8 Å². The fraction of sp³-hybridized carbons (Fsp3) is 0.714. The maximum atomic E-state index is 5.62. The van der Waals surface area contributed by atoms with Crippen LogP contribution in [0.1, 0.15) is 44.7 Å². The van der Waals surface area contributed by atoms with Gasteiger partial charge in [-0.1, -0.05) is 19.8 Å². The molecule has 2 N–H and O–H groups in total. The number of hydrogen-bond donors (Lipinski definition) is 1. The van der Waals surface area contributed by atoms with E-state index in [0.29, 0.717) is 6.54 Å². The standard InChI is InChI=1S/C14H24N4/c1-2-4-12-5-3-7-18(8-6-12)14-11-16-10-13(9-15)17-14/h10-12H,2-9,15H2,1H3. The van der Waals surface area contributed by atoms with E-state index in [1.165, 1.54) is 32.1 Å². The molecule has 1 aromatic heterocycles. The molecule has 0 saturated carbocycles. The van der Waals surface area contributed by atoms with Gasteiger partial charge in [-0.2, -0.15) is 0 Å². The van der Waals surface area contributed by atoms with Crippen LogP contribution in [0, 0.1) is 5.92 Å². The lowest BCUT2D eigenvalue weighted by Gasteiger charge is -2.21. The molecule has 0 radical (unpaired) electrons. The van der Waals surface area contributed by atoms with Crippen molar-refractivity contribution in [3.05, 3.63) is 18.1 Å². The van der Waals surface area contributed by atoms with Gasteiger partial charge in [-0.05, 0) is 25.2 Å². The molecule has 0 bridgehead atoms. The molecule has 100 valence electrons. The van der Waals surface area contributed by atoms with Crippen LogP contribution in [0.5, 0.6) is 0 Å². The summed E-state index contributed by atoms with van der Waals surface area (Å²) < 4.78 is 0. The zero-order valence-electron chi connectivity index (χ0n) is 11.3. The summed E-state index contributed by atoms with van der Waals surface area (Å²) in [6.07, 6.45) is 10.2. The molecule has 0 spiro atoms. The van der Waals surface area contributed by atoms with E-state index in [0.717, 1.165) is 30.5 Å². The van der Waals surface area contributed by atoms with Crippen LogP contribution in [0.3, 0.4) is 0 Å². The Morgan fingerprint density at radius 1 is 1.33 bits per heavy atom. The van der Waals surface area contributed by atoms with Crippen molar-refractivity contribution < 1.29 is 0 Å². The van der Waals surface area contributed by atoms with Crippen molar-refractivity contribution in [2.45, 2.75) is 45.6 Å². The lowest BCUT2D eigenvalue weighted by Crippen LogP contribution is -2.25. The molecule has 1 aliphatic rings. The Hall–Kier alpha value is -1.16. The third kappa shape index (κ3) is 3.42. The highest BCUT2D eigenvalue weighted by Crippen LogP contribution is 2.24. The molecular formula is C14H24N4. The molecule has 1 aliphatic heterocycles. The van der Waals surface area contributed by atoms with Crippen molar-refractivity contribution in [1.29, 1.82) is 0 Å². The summed E-state index contributed by atoms with van der Waals surface area (Å²) in [7, 11) is 0. The van der Waals surface area contributed by atoms with Crippen molar-refractivity contribution in [2.24, 2.45) is 11.7 Å². The van der Waals surface area contributed by atoms with Gasteiger partial charge < -0.3 is 10.6 Å². The average Bonchev–Trinajstić information content (AvgIpc) is 2.65. The Labute approximate surface area is 110 Å². The quantitative estimate of drug-likeness (QED) is 0.888. The van der Waals surface area contributed by atoms with Crippen molar-refractivity contribution in [1.82, 2.24) is 9.97 Å². The third-order valence-electron chi connectivity index (χ3n) is 3.75. The van der Waals surface area contributed by atoms with Gasteiger partial charge in [0.1, 0.15) is 5.82 Å². The van der Waals surface area contributed by atoms with E-state index >= 15 is 0 Å². The van der Waals surface area contributed by atoms with Gasteiger partial charge in [0.25, 0.3) is 0 Å². The molecule has 2 heterocycles. The molecule has 1 fully saturated rings. The lowest BCUT2D eigenvalue weighted by molar-refractivity contribution is 0.435. The molecule has 1 aromatic rings. The monoisotopic (exact) mass is 248 g/mol. The Balaban J connectivity index is 2.00. The first-order valence-electron chi connectivity index (χ1n) is 7.09. The van der Waals surface area contributed by atoms with Crippen molar-refractivity contribution in [3.8, 4) is 0 Å². The zero-order chi connectivity index (χ0) is 12.8. The maximum absolute atomic E-state index is 5.62. The van der Waals surface area contributed by atoms with Crippen LogP contribution in [-0.4, -0.2) is 23.1 Å². The van der Waals surface area contributed by atoms with Crippen LogP contribution < -0.4 is 10.6 Å². The Morgan fingerprint density at radius 2 is 2.22 bits per heavy atom. The van der Waals surface area contributed by atoms with Gasteiger partial charge in [0.05, 0.1) is 11.9 Å². The predicted octanol–water partition coefficient (Wildman–Crippen LogP) is 2.34. The van der Waals surface area contributed by atoms with E-state index in [-0.39, 0.29) is 0 Å². The SMILES string of the molecule is CCCC1CCCN(c2cncc(CN)n2)CC1. The van der Waals surface area contributed by atoms with Gasteiger partial charge in [0.2, 0.25) is 0 Å². The van der Waals surface area contributed by atoms with Crippen LogP contribution in [0.15, 0.2) is 12.4 Å². The zero-order valence-corrected chi connectivity index (χ0v) is 11.3. The second kappa shape index (κ2) is 6.69. The number of nitrogens with two attached hydrogens (primary N) is 1. The summed E-state index contributed by atoms with van der Waals surface area (Å²) in [5.74, 6) is 1.89. The van der Waals surface area contributed by atoms with Gasteiger partial charge in [-0.15, -0.1) is 0 Å². The molecule has 2 rings (SSSR count). The number of anilines is 1. The first-order chi connectivity index (χ1) is 8.83. The van der Waals surface area contributed by atoms with Crippen molar-refractivity contribution >= 4 is 5.82 Å². The number of rotatable bonds is 4. The van der Waals surface area contributed by atoms with E-state index in [4.69, 9.17) is 5.73 Å². The Morgan fingerprint density at radius 3 is 3.00 bits per heavy atom. The Kier molecular flexibility index (Phi) is 4.93. The van der Waals surface area contributed by atoms with Crippen LogP contribution in [0.25, 0.3) is 0 Å². The minimum absolute atomic E-state index is 0.465. The fourth-order valence-corrected chi connectivity index (χ4v) is 2.74. The van der Waals surface area contributed by atoms with Crippen molar-refractivity contribution in [3.63, 3.8) is 0 Å². The molecule has 4 heteroatoms. The number of nitrogens with zero attached hydrogens (tertiary/aromatic N) is 3. The highest BCUT2D eigenvalue weighted by atomic mass is 15.2. The number of aromatic nitrogens is 2. The first-order valence-corrected chi connectivity index (χ1v) is 7.09. The summed E-state index contributed by atoms with van der Waals surface area (Å²) >= 11 is 0. The molecule has 1 saturated heterocycles. The second-order valence-electron chi connectivity index (χ2n) is 5.15. The summed E-state index contributed by atoms with van der Waals surface area (Å²) in [6, 6.07) is 0. The Bertz CT molecular complexity index is 367. The van der Waals surface area contributed by atoms with Gasteiger partial charge in [0, 0.05) is 25.8 Å². The second-order valence-corrected chi connectivity index (χ2v) is 5.15. The highest BCUT2D eigenvalue weighted by Gasteiger charge is 2.17. The molecule has 18 heavy (non-hydrogen) atoms. The molecule has 0 aromatic carbocycles. The molecule has 0 amide bonds. The van der Waals surface area contributed by atoms with Crippen LogP contribution in [0.2, 0.25) is 0 Å². The highest BCUT2D eigenvalue weighted by molar-refractivity contribution is 5.36. The molecule has 4 nitrogen and oxygen atoms in total. The lowest BCUT2D eigenvalue weighted by atomic mass is 9.96. The molecule has 0 aliphatic carbocycles. The third-order valence-corrected chi connectivity index (χ3v) is 3.75. The van der Waals surface area contributed by atoms with Crippen molar-refractivity contribution in [2.75, 3.05) is 18.0 Å². The van der Waals surface area contributed by atoms with E-state index in [9.17, 15) is 0 Å². The normalized spacial score (nSPS) is 20.8. The summed E-state index contributed by atoms with van der Waals surface area (Å²) in [6.45, 7) is 4.95. The minimum atomic E-state index is 0.465. The topological polar surface area (TPSA) is 55.0 Å². The van der Waals surface area contributed by atoms with E-state index < -0.39 is 0 Å². The van der Waals surface area contributed by atoms with Gasteiger partial charge in [-0.25, -0.2) is 4.98 Å². The predicted molar refractivity (Wildman–Crippen MR) is 74.4 cm³/mol. The van der Waals surface area contributed by atoms with Gasteiger partial charge in [0.15, 0.2) is 0 Å². The smallest absolute Gasteiger partial charge is 0.147 e. The number of hydrogen-bond acceptors (Lipinski definition) is 4. The van der Waals surface area contributed by atoms with E-state index in [1.54, 1.807) is 6.20 Å². The maximum Gasteiger partial charge on any atom is 0.147 e. The van der Waals surface area contributed by atoms with Crippen LogP contribution >= 0.6 is 0 Å². The average molecular weight is 248 g/mol. The van der Waals surface area contributed by atoms with E-state index in [1.807, 2.05) is 6.20 Å². The van der Waals surface area contributed by atoms with Gasteiger partial charge in [-0.3, -0.25) is 4.98 Å². The largest absolute Gasteiger partial charge is 0.355 e. The van der Waals surface area contributed by atoms with Crippen LogP contribution in [-0.2, 0) is 6.54 Å². The van der Waals surface area contributed by atoms with Gasteiger partial charge >= 0.3 is 0 Å². The molecule has 1 unspecified atom stereocenters. The summed E-state index contributed by atoms with van der Waals surface area (Å²) in [5, 5.41) is 0. The fourth-order valence-electron chi connectivity index (χ4n) is 2.74. The first kappa shape index (κ1) is 13.3.